The topological polar surface area (TPSA) is 26.3 Å². The molecule has 0 amide bonds. The van der Waals surface area contributed by atoms with Crippen LogP contribution in [-0.2, 0) is 9.53 Å². The zero-order chi connectivity index (χ0) is 11.2. The first kappa shape index (κ1) is 13.5. The summed E-state index contributed by atoms with van der Waals surface area (Å²) in [5.41, 5.74) is -0.315. The van der Waals surface area contributed by atoms with Crippen molar-refractivity contribution in [3.63, 3.8) is 0 Å². The average molecular weight is 200 g/mol. The van der Waals surface area contributed by atoms with Gasteiger partial charge in [0.05, 0.1) is 12.0 Å². The molecule has 0 fully saturated rings. The fraction of sp³-hybridized carbons (Fsp3) is 0.917. The van der Waals surface area contributed by atoms with Crippen molar-refractivity contribution in [3.05, 3.63) is 0 Å². The van der Waals surface area contributed by atoms with Crippen molar-refractivity contribution in [3.8, 4) is 0 Å². The number of carbonyl (C=O) groups excluding carboxylic acids is 1. The molecule has 0 unspecified atom stereocenters. The van der Waals surface area contributed by atoms with Crippen molar-refractivity contribution in [1.82, 2.24) is 0 Å². The molecule has 0 radical (unpaired) electrons. The van der Waals surface area contributed by atoms with E-state index in [0.717, 1.165) is 19.3 Å². The lowest BCUT2D eigenvalue weighted by atomic mass is 9.87. The lowest BCUT2D eigenvalue weighted by Crippen LogP contribution is -2.27. The fourth-order valence-corrected chi connectivity index (χ4v) is 1.16. The Kier molecular flexibility index (Phi) is 5.82. The monoisotopic (exact) mass is 200 g/mol. The molecule has 0 aromatic heterocycles. The van der Waals surface area contributed by atoms with Gasteiger partial charge in [0.15, 0.2) is 0 Å². The molecule has 2 heteroatoms. The first-order valence-electron chi connectivity index (χ1n) is 5.57. The summed E-state index contributed by atoms with van der Waals surface area (Å²) in [6.07, 6.45) is 3.13. The maximum Gasteiger partial charge on any atom is 0.311 e. The van der Waals surface area contributed by atoms with Crippen molar-refractivity contribution in [2.24, 2.45) is 11.3 Å². The molecule has 0 aliphatic rings. The first-order chi connectivity index (χ1) is 6.40. The third-order valence-electron chi connectivity index (χ3n) is 2.26. The molecule has 0 bridgehead atoms. The van der Waals surface area contributed by atoms with E-state index in [1.54, 1.807) is 0 Å². The minimum Gasteiger partial charge on any atom is -0.465 e. The SMILES string of the molecule is CCCCC(C)(C)C(=O)OCC(C)C. The third-order valence-corrected chi connectivity index (χ3v) is 2.26. The average Bonchev–Trinajstić information content (AvgIpc) is 2.10. The van der Waals surface area contributed by atoms with E-state index in [2.05, 4.69) is 6.92 Å². The number of hydrogen-bond acceptors (Lipinski definition) is 2. The van der Waals surface area contributed by atoms with E-state index in [0.29, 0.717) is 12.5 Å². The van der Waals surface area contributed by atoms with Gasteiger partial charge in [-0.2, -0.15) is 0 Å². The quantitative estimate of drug-likeness (QED) is 0.614. The lowest BCUT2D eigenvalue weighted by Gasteiger charge is -2.22. The van der Waals surface area contributed by atoms with Gasteiger partial charge in [-0.25, -0.2) is 0 Å². The van der Waals surface area contributed by atoms with Crippen LogP contribution in [0.3, 0.4) is 0 Å². The van der Waals surface area contributed by atoms with Gasteiger partial charge in [-0.15, -0.1) is 0 Å². The summed E-state index contributed by atoms with van der Waals surface area (Å²) in [5.74, 6) is 0.362. The van der Waals surface area contributed by atoms with Crippen LogP contribution in [0.25, 0.3) is 0 Å². The van der Waals surface area contributed by atoms with Gasteiger partial charge in [-0.05, 0) is 26.2 Å². The Labute approximate surface area is 88.0 Å². The van der Waals surface area contributed by atoms with Crippen molar-refractivity contribution < 1.29 is 9.53 Å². The van der Waals surface area contributed by atoms with Crippen LogP contribution < -0.4 is 0 Å². The summed E-state index contributed by atoms with van der Waals surface area (Å²) in [4.78, 5) is 11.7. The maximum atomic E-state index is 11.7. The Morgan fingerprint density at radius 2 is 1.93 bits per heavy atom. The minimum absolute atomic E-state index is 0.0559. The van der Waals surface area contributed by atoms with Crippen LogP contribution in [0.4, 0.5) is 0 Å². The standard InChI is InChI=1S/C12H24O2/c1-6-7-8-12(4,5)11(13)14-9-10(2)3/h10H,6-9H2,1-5H3. The number of unbranched alkanes of at least 4 members (excludes halogenated alkanes) is 1. The highest BCUT2D eigenvalue weighted by molar-refractivity contribution is 5.75. The van der Waals surface area contributed by atoms with Crippen molar-refractivity contribution in [2.45, 2.75) is 53.9 Å². The number of carbonyl (C=O) groups is 1. The van der Waals surface area contributed by atoms with E-state index in [1.165, 1.54) is 0 Å². The van der Waals surface area contributed by atoms with Gasteiger partial charge < -0.3 is 4.74 Å². The van der Waals surface area contributed by atoms with Gasteiger partial charge >= 0.3 is 5.97 Å². The Balaban J connectivity index is 3.94. The number of esters is 1. The summed E-state index contributed by atoms with van der Waals surface area (Å²) >= 11 is 0. The van der Waals surface area contributed by atoms with E-state index >= 15 is 0 Å². The van der Waals surface area contributed by atoms with Crippen LogP contribution in [0.2, 0.25) is 0 Å². The highest BCUT2D eigenvalue weighted by Gasteiger charge is 2.28. The molecule has 0 saturated carbocycles. The van der Waals surface area contributed by atoms with E-state index in [4.69, 9.17) is 4.74 Å². The molecule has 0 atom stereocenters. The molecule has 14 heavy (non-hydrogen) atoms. The van der Waals surface area contributed by atoms with Crippen LogP contribution in [-0.4, -0.2) is 12.6 Å². The second-order valence-corrected chi connectivity index (χ2v) is 4.98. The Hall–Kier alpha value is -0.530. The Bertz CT molecular complexity index is 171. The Morgan fingerprint density at radius 3 is 2.36 bits per heavy atom. The van der Waals surface area contributed by atoms with Crippen molar-refractivity contribution in [1.29, 1.82) is 0 Å². The number of hydrogen-bond donors (Lipinski definition) is 0. The zero-order valence-corrected chi connectivity index (χ0v) is 10.2. The predicted octanol–water partition coefficient (Wildman–Crippen LogP) is 3.40. The van der Waals surface area contributed by atoms with E-state index in [1.807, 2.05) is 27.7 Å². The van der Waals surface area contributed by atoms with Gasteiger partial charge in [-0.1, -0.05) is 33.6 Å². The van der Waals surface area contributed by atoms with Gasteiger partial charge in [0.2, 0.25) is 0 Å². The third kappa shape index (κ3) is 5.25. The van der Waals surface area contributed by atoms with E-state index in [-0.39, 0.29) is 11.4 Å². The van der Waals surface area contributed by atoms with Crippen LogP contribution in [0.15, 0.2) is 0 Å². The van der Waals surface area contributed by atoms with Crippen LogP contribution in [0.5, 0.6) is 0 Å². The van der Waals surface area contributed by atoms with Crippen molar-refractivity contribution >= 4 is 5.97 Å². The van der Waals surface area contributed by atoms with E-state index < -0.39 is 0 Å². The molecule has 0 aromatic rings. The smallest absolute Gasteiger partial charge is 0.311 e. The largest absolute Gasteiger partial charge is 0.465 e. The first-order valence-corrected chi connectivity index (χ1v) is 5.57. The van der Waals surface area contributed by atoms with Gasteiger partial charge in [0.25, 0.3) is 0 Å². The molecule has 2 nitrogen and oxygen atoms in total. The van der Waals surface area contributed by atoms with Gasteiger partial charge in [0, 0.05) is 0 Å². The molecule has 0 spiro atoms. The molecule has 0 aliphatic heterocycles. The Morgan fingerprint density at radius 1 is 1.36 bits per heavy atom. The summed E-state index contributed by atoms with van der Waals surface area (Å²) in [7, 11) is 0. The molecule has 0 aliphatic carbocycles. The molecule has 0 saturated heterocycles. The lowest BCUT2D eigenvalue weighted by molar-refractivity contribution is -0.155. The molecule has 84 valence electrons. The van der Waals surface area contributed by atoms with Crippen molar-refractivity contribution in [2.75, 3.05) is 6.61 Å². The summed E-state index contributed by atoms with van der Waals surface area (Å²) < 4.78 is 5.23. The molecule has 0 rings (SSSR count). The summed E-state index contributed by atoms with van der Waals surface area (Å²) in [6, 6.07) is 0. The maximum absolute atomic E-state index is 11.7. The second kappa shape index (κ2) is 6.05. The van der Waals surface area contributed by atoms with Gasteiger partial charge in [-0.3, -0.25) is 4.79 Å². The second-order valence-electron chi connectivity index (χ2n) is 4.98. The molecule has 0 aromatic carbocycles. The van der Waals surface area contributed by atoms with Gasteiger partial charge in [0.1, 0.15) is 0 Å². The number of rotatable bonds is 6. The zero-order valence-electron chi connectivity index (χ0n) is 10.2. The highest BCUT2D eigenvalue weighted by Crippen LogP contribution is 2.25. The molecule has 0 N–H and O–H groups in total. The normalized spacial score (nSPS) is 11.9. The minimum atomic E-state index is -0.315. The number of ether oxygens (including phenoxy) is 1. The molecular formula is C12H24O2. The van der Waals surface area contributed by atoms with Crippen LogP contribution >= 0.6 is 0 Å². The van der Waals surface area contributed by atoms with Crippen LogP contribution in [0, 0.1) is 11.3 Å². The summed E-state index contributed by atoms with van der Waals surface area (Å²) in [6.45, 7) is 10.7. The van der Waals surface area contributed by atoms with Crippen LogP contribution in [0.1, 0.15) is 53.9 Å². The predicted molar refractivity (Wildman–Crippen MR) is 59.1 cm³/mol. The summed E-state index contributed by atoms with van der Waals surface area (Å²) in [5, 5.41) is 0. The highest BCUT2D eigenvalue weighted by atomic mass is 16.5. The molecular weight excluding hydrogens is 176 g/mol. The molecule has 0 heterocycles. The van der Waals surface area contributed by atoms with E-state index in [9.17, 15) is 4.79 Å². The fourth-order valence-electron chi connectivity index (χ4n) is 1.16.